The first-order chi connectivity index (χ1) is 12.7. The minimum atomic E-state index is 0.0280. The summed E-state index contributed by atoms with van der Waals surface area (Å²) in [4.78, 5) is 16.3. The molecule has 0 spiro atoms. The highest BCUT2D eigenvalue weighted by Crippen LogP contribution is 2.18. The Labute approximate surface area is 153 Å². The number of hydrogen-bond donors (Lipinski definition) is 1. The summed E-state index contributed by atoms with van der Waals surface area (Å²) in [6.45, 7) is 3.62. The monoisotopic (exact) mass is 352 g/mol. The fourth-order valence-corrected chi connectivity index (χ4v) is 2.71. The Hall–Kier alpha value is -2.66. The van der Waals surface area contributed by atoms with Crippen LogP contribution in [0.2, 0.25) is 0 Å². The standard InChI is InChI=1S/C21H24N2O3/c1-16-10-11-19-18(14-16)23-21(26-19)9-5-8-20(24)22-12-13-25-15-17-6-3-2-4-7-17/h2-4,6-7,10-11,14H,5,8-9,12-13,15H2,1H3,(H,22,24). The molecule has 1 N–H and O–H groups in total. The van der Waals surface area contributed by atoms with Crippen molar-refractivity contribution < 1.29 is 13.9 Å². The molecule has 0 aliphatic rings. The normalized spacial score (nSPS) is 11.0. The molecular weight excluding hydrogens is 328 g/mol. The van der Waals surface area contributed by atoms with Crippen molar-refractivity contribution in [1.82, 2.24) is 10.3 Å². The summed E-state index contributed by atoms with van der Waals surface area (Å²) in [7, 11) is 0. The quantitative estimate of drug-likeness (QED) is 0.595. The Morgan fingerprint density at radius 1 is 1.19 bits per heavy atom. The number of benzene rings is 2. The van der Waals surface area contributed by atoms with Crippen LogP contribution >= 0.6 is 0 Å². The lowest BCUT2D eigenvalue weighted by atomic mass is 10.2. The Morgan fingerprint density at radius 2 is 2.04 bits per heavy atom. The van der Waals surface area contributed by atoms with Crippen LogP contribution in [-0.4, -0.2) is 24.0 Å². The average molecular weight is 352 g/mol. The molecule has 1 heterocycles. The number of carbonyl (C=O) groups is 1. The van der Waals surface area contributed by atoms with Crippen LogP contribution in [0.4, 0.5) is 0 Å². The second kappa shape index (κ2) is 9.15. The number of amides is 1. The van der Waals surface area contributed by atoms with Gasteiger partial charge in [-0.2, -0.15) is 0 Å². The van der Waals surface area contributed by atoms with Gasteiger partial charge >= 0.3 is 0 Å². The number of nitrogens with zero attached hydrogens (tertiary/aromatic N) is 1. The molecule has 136 valence electrons. The molecule has 5 nitrogen and oxygen atoms in total. The molecule has 1 aromatic heterocycles. The molecule has 2 aromatic carbocycles. The Morgan fingerprint density at radius 3 is 2.88 bits per heavy atom. The van der Waals surface area contributed by atoms with Crippen LogP contribution in [0.1, 0.15) is 29.9 Å². The van der Waals surface area contributed by atoms with Crippen LogP contribution in [0.25, 0.3) is 11.1 Å². The van der Waals surface area contributed by atoms with Crippen molar-refractivity contribution in [2.24, 2.45) is 0 Å². The number of rotatable bonds is 9. The molecule has 0 fully saturated rings. The van der Waals surface area contributed by atoms with E-state index in [-0.39, 0.29) is 5.91 Å². The van der Waals surface area contributed by atoms with Gasteiger partial charge in [0, 0.05) is 19.4 Å². The highest BCUT2D eigenvalue weighted by molar-refractivity contribution is 5.76. The lowest BCUT2D eigenvalue weighted by molar-refractivity contribution is -0.121. The van der Waals surface area contributed by atoms with Gasteiger partial charge in [-0.15, -0.1) is 0 Å². The van der Waals surface area contributed by atoms with Crippen molar-refractivity contribution in [3.63, 3.8) is 0 Å². The molecule has 0 aliphatic carbocycles. The zero-order valence-corrected chi connectivity index (χ0v) is 15.0. The molecule has 0 bridgehead atoms. The van der Waals surface area contributed by atoms with E-state index < -0.39 is 0 Å². The molecule has 3 rings (SSSR count). The zero-order chi connectivity index (χ0) is 18.2. The third-order valence-corrected chi connectivity index (χ3v) is 4.06. The first kappa shape index (κ1) is 18.1. The molecule has 0 aliphatic heterocycles. The maximum Gasteiger partial charge on any atom is 0.220 e. The summed E-state index contributed by atoms with van der Waals surface area (Å²) in [5.41, 5.74) is 3.96. The second-order valence-corrected chi connectivity index (χ2v) is 6.32. The number of fused-ring (bicyclic) bond motifs is 1. The number of aromatic nitrogens is 1. The Balaban J connectivity index is 1.30. The predicted molar refractivity (Wildman–Crippen MR) is 101 cm³/mol. The highest BCUT2D eigenvalue weighted by Gasteiger charge is 2.07. The summed E-state index contributed by atoms with van der Waals surface area (Å²) in [6, 6.07) is 15.9. The maximum absolute atomic E-state index is 11.9. The third kappa shape index (κ3) is 5.43. The molecule has 3 aromatic rings. The van der Waals surface area contributed by atoms with Gasteiger partial charge in [-0.3, -0.25) is 4.79 Å². The minimum absolute atomic E-state index is 0.0280. The minimum Gasteiger partial charge on any atom is -0.441 e. The summed E-state index contributed by atoms with van der Waals surface area (Å²) in [5.74, 6) is 0.713. The van der Waals surface area contributed by atoms with Gasteiger partial charge in [0.1, 0.15) is 5.52 Å². The van der Waals surface area contributed by atoms with E-state index in [1.807, 2.05) is 55.5 Å². The maximum atomic E-state index is 11.9. The van der Waals surface area contributed by atoms with Crippen LogP contribution in [0.3, 0.4) is 0 Å². The van der Waals surface area contributed by atoms with Crippen molar-refractivity contribution in [3.8, 4) is 0 Å². The van der Waals surface area contributed by atoms with Gasteiger partial charge in [0.05, 0.1) is 13.2 Å². The number of oxazole rings is 1. The average Bonchev–Trinajstić information content (AvgIpc) is 3.04. The van der Waals surface area contributed by atoms with Gasteiger partial charge in [-0.1, -0.05) is 36.4 Å². The second-order valence-electron chi connectivity index (χ2n) is 6.32. The highest BCUT2D eigenvalue weighted by atomic mass is 16.5. The molecule has 1 amide bonds. The van der Waals surface area contributed by atoms with Crippen LogP contribution in [0, 0.1) is 6.92 Å². The van der Waals surface area contributed by atoms with Crippen molar-refractivity contribution >= 4 is 17.0 Å². The van der Waals surface area contributed by atoms with Crippen LogP contribution < -0.4 is 5.32 Å². The summed E-state index contributed by atoms with van der Waals surface area (Å²) in [5, 5.41) is 2.87. The van der Waals surface area contributed by atoms with Gasteiger partial charge in [-0.25, -0.2) is 4.98 Å². The van der Waals surface area contributed by atoms with E-state index in [4.69, 9.17) is 9.15 Å². The molecule has 0 saturated heterocycles. The Kier molecular flexibility index (Phi) is 6.39. The molecular formula is C21H24N2O3. The molecule has 0 unspecified atom stereocenters. The van der Waals surface area contributed by atoms with Crippen LogP contribution in [0.15, 0.2) is 52.9 Å². The van der Waals surface area contributed by atoms with Gasteiger partial charge in [0.25, 0.3) is 0 Å². The van der Waals surface area contributed by atoms with Gasteiger partial charge in [0.2, 0.25) is 5.91 Å². The molecule has 5 heteroatoms. The molecule has 0 atom stereocenters. The SMILES string of the molecule is Cc1ccc2oc(CCCC(=O)NCCOCc3ccccc3)nc2c1. The van der Waals surface area contributed by atoms with Crippen LogP contribution in [0.5, 0.6) is 0 Å². The number of nitrogens with one attached hydrogen (secondary N) is 1. The zero-order valence-electron chi connectivity index (χ0n) is 15.0. The first-order valence-corrected chi connectivity index (χ1v) is 8.95. The van der Waals surface area contributed by atoms with E-state index in [9.17, 15) is 4.79 Å². The van der Waals surface area contributed by atoms with E-state index >= 15 is 0 Å². The fourth-order valence-electron chi connectivity index (χ4n) is 2.71. The summed E-state index contributed by atoms with van der Waals surface area (Å²) < 4.78 is 11.2. The third-order valence-electron chi connectivity index (χ3n) is 4.06. The van der Waals surface area contributed by atoms with Gasteiger partial charge < -0.3 is 14.5 Å². The topological polar surface area (TPSA) is 64.4 Å². The van der Waals surface area contributed by atoms with E-state index in [1.165, 1.54) is 0 Å². The Bertz CT molecular complexity index is 843. The van der Waals surface area contributed by atoms with E-state index in [2.05, 4.69) is 10.3 Å². The van der Waals surface area contributed by atoms with Crippen LogP contribution in [-0.2, 0) is 22.6 Å². The fraction of sp³-hybridized carbons (Fsp3) is 0.333. The van der Waals surface area contributed by atoms with Gasteiger partial charge in [0.15, 0.2) is 11.5 Å². The number of aryl methyl sites for hydroxylation is 2. The molecule has 26 heavy (non-hydrogen) atoms. The molecule has 0 radical (unpaired) electrons. The predicted octanol–water partition coefficient (Wildman–Crippen LogP) is 3.79. The van der Waals surface area contributed by atoms with Crippen molar-refractivity contribution in [3.05, 3.63) is 65.5 Å². The lowest BCUT2D eigenvalue weighted by Crippen LogP contribution is -2.27. The van der Waals surface area contributed by atoms with Crippen molar-refractivity contribution in [1.29, 1.82) is 0 Å². The van der Waals surface area contributed by atoms with Gasteiger partial charge in [-0.05, 0) is 36.6 Å². The van der Waals surface area contributed by atoms with E-state index in [0.29, 0.717) is 44.9 Å². The largest absolute Gasteiger partial charge is 0.441 e. The summed E-state index contributed by atoms with van der Waals surface area (Å²) >= 11 is 0. The van der Waals surface area contributed by atoms with E-state index in [0.717, 1.165) is 22.2 Å². The number of hydrogen-bond acceptors (Lipinski definition) is 4. The first-order valence-electron chi connectivity index (χ1n) is 8.95. The van der Waals surface area contributed by atoms with Crippen molar-refractivity contribution in [2.75, 3.05) is 13.2 Å². The lowest BCUT2D eigenvalue weighted by Gasteiger charge is -2.06. The van der Waals surface area contributed by atoms with E-state index in [1.54, 1.807) is 0 Å². The van der Waals surface area contributed by atoms with Crippen molar-refractivity contribution in [2.45, 2.75) is 32.8 Å². The summed E-state index contributed by atoms with van der Waals surface area (Å²) in [6.07, 6.45) is 1.82. The number of carbonyl (C=O) groups excluding carboxylic acids is 1. The smallest absolute Gasteiger partial charge is 0.220 e. The number of ether oxygens (including phenoxy) is 1. The molecule has 0 saturated carbocycles.